The zero-order valence-electron chi connectivity index (χ0n) is 19.9. The van der Waals surface area contributed by atoms with Gasteiger partial charge in [-0.1, -0.05) is 11.6 Å². The summed E-state index contributed by atoms with van der Waals surface area (Å²) < 4.78 is 31.8. The summed E-state index contributed by atoms with van der Waals surface area (Å²) in [7, 11) is -0.833. The number of esters is 1. The summed E-state index contributed by atoms with van der Waals surface area (Å²) in [6, 6.07) is 11.7. The summed E-state index contributed by atoms with van der Waals surface area (Å²) in [5.74, 6) is -1.28. The van der Waals surface area contributed by atoms with Crippen molar-refractivity contribution < 1.29 is 22.7 Å². The first kappa shape index (κ1) is 26.5. The number of thiophene rings is 1. The van der Waals surface area contributed by atoms with Gasteiger partial charge in [0, 0.05) is 35.4 Å². The summed E-state index contributed by atoms with van der Waals surface area (Å²) in [5, 5.41) is 9.45. The number of halogens is 1. The number of benzene rings is 2. The maximum atomic E-state index is 13.5. The van der Waals surface area contributed by atoms with Crippen LogP contribution in [-0.4, -0.2) is 55.1 Å². The highest BCUT2D eigenvalue weighted by atomic mass is 35.5. The van der Waals surface area contributed by atoms with Crippen molar-refractivity contribution in [1.29, 1.82) is 0 Å². The molecule has 0 radical (unpaired) electrons. The minimum Gasteiger partial charge on any atom is -0.461 e. The average molecular weight is 561 g/mol. The van der Waals surface area contributed by atoms with Gasteiger partial charge in [-0.3, -0.25) is 9.59 Å². The molecule has 0 fully saturated rings. The molecule has 2 heterocycles. The SMILES string of the molecule is CCOC(=O)c1nn(-c2ccc(Cl)cc2)c(=O)c2c(NC(=O)c3ccc(S(=O)(=O)N(C)C)cc3)scc12. The number of carbonyl (C=O) groups is 2. The average Bonchev–Trinajstić information content (AvgIpc) is 3.29. The fourth-order valence-electron chi connectivity index (χ4n) is 3.41. The van der Waals surface area contributed by atoms with Crippen molar-refractivity contribution in [3.63, 3.8) is 0 Å². The molecule has 10 nitrogen and oxygen atoms in total. The zero-order valence-corrected chi connectivity index (χ0v) is 22.3. The number of anilines is 1. The quantitative estimate of drug-likeness (QED) is 0.341. The Morgan fingerprint density at radius 3 is 2.35 bits per heavy atom. The molecule has 37 heavy (non-hydrogen) atoms. The van der Waals surface area contributed by atoms with Gasteiger partial charge in [-0.25, -0.2) is 17.5 Å². The molecular weight excluding hydrogens is 540 g/mol. The number of sulfonamides is 1. The second-order valence-electron chi connectivity index (χ2n) is 7.88. The fraction of sp³-hybridized carbons (Fsp3) is 0.167. The lowest BCUT2D eigenvalue weighted by Gasteiger charge is -2.12. The molecule has 0 aliphatic heterocycles. The number of fused-ring (bicyclic) bond motifs is 1. The van der Waals surface area contributed by atoms with E-state index in [9.17, 15) is 22.8 Å². The molecule has 1 N–H and O–H groups in total. The highest BCUT2D eigenvalue weighted by Gasteiger charge is 2.24. The van der Waals surface area contributed by atoms with Crippen molar-refractivity contribution in [3.05, 3.63) is 80.5 Å². The number of carbonyl (C=O) groups excluding carboxylic acids is 2. The monoisotopic (exact) mass is 560 g/mol. The number of amides is 1. The van der Waals surface area contributed by atoms with E-state index in [-0.39, 0.29) is 38.5 Å². The molecule has 0 saturated carbocycles. The molecule has 0 unspecified atom stereocenters. The van der Waals surface area contributed by atoms with Crippen molar-refractivity contribution in [2.45, 2.75) is 11.8 Å². The summed E-state index contributed by atoms with van der Waals surface area (Å²) in [6.07, 6.45) is 0. The molecule has 4 aromatic rings. The molecule has 13 heteroatoms. The highest BCUT2D eigenvalue weighted by molar-refractivity contribution is 7.89. The van der Waals surface area contributed by atoms with Crippen LogP contribution >= 0.6 is 22.9 Å². The van der Waals surface area contributed by atoms with E-state index in [2.05, 4.69) is 10.4 Å². The molecule has 0 spiro atoms. The summed E-state index contributed by atoms with van der Waals surface area (Å²) >= 11 is 7.02. The van der Waals surface area contributed by atoms with Crippen molar-refractivity contribution in [2.75, 3.05) is 26.0 Å². The van der Waals surface area contributed by atoms with E-state index in [0.717, 1.165) is 20.3 Å². The lowest BCUT2D eigenvalue weighted by Crippen LogP contribution is -2.25. The Morgan fingerprint density at radius 1 is 1.11 bits per heavy atom. The van der Waals surface area contributed by atoms with Crippen LogP contribution in [0.4, 0.5) is 5.00 Å². The van der Waals surface area contributed by atoms with Gasteiger partial charge in [0.1, 0.15) is 5.00 Å². The van der Waals surface area contributed by atoms with Crippen molar-refractivity contribution in [3.8, 4) is 5.69 Å². The van der Waals surface area contributed by atoms with Crippen molar-refractivity contribution in [2.24, 2.45) is 0 Å². The van der Waals surface area contributed by atoms with E-state index in [0.29, 0.717) is 10.7 Å². The van der Waals surface area contributed by atoms with E-state index < -0.39 is 27.5 Å². The molecule has 0 aliphatic rings. The number of nitrogens with one attached hydrogen (secondary N) is 1. The fourth-order valence-corrected chi connectivity index (χ4v) is 5.37. The number of ether oxygens (including phenoxy) is 1. The van der Waals surface area contributed by atoms with Gasteiger partial charge in [0.25, 0.3) is 11.5 Å². The molecule has 4 rings (SSSR count). The van der Waals surface area contributed by atoms with Crippen LogP contribution in [0.25, 0.3) is 16.5 Å². The van der Waals surface area contributed by atoms with E-state index in [1.165, 1.54) is 38.4 Å². The first-order chi connectivity index (χ1) is 17.5. The van der Waals surface area contributed by atoms with Crippen LogP contribution in [0, 0.1) is 0 Å². The Labute approximate surface area is 221 Å². The summed E-state index contributed by atoms with van der Waals surface area (Å²) in [6.45, 7) is 1.76. The largest absolute Gasteiger partial charge is 0.461 e. The van der Waals surface area contributed by atoms with Gasteiger partial charge in [0.15, 0.2) is 5.69 Å². The van der Waals surface area contributed by atoms with E-state index >= 15 is 0 Å². The van der Waals surface area contributed by atoms with Gasteiger partial charge in [-0.15, -0.1) is 11.3 Å². The first-order valence-corrected chi connectivity index (χ1v) is 13.6. The van der Waals surface area contributed by atoms with Crippen LogP contribution in [0.15, 0.2) is 63.6 Å². The van der Waals surface area contributed by atoms with Gasteiger partial charge in [-0.05, 0) is 55.5 Å². The van der Waals surface area contributed by atoms with E-state index in [1.807, 2.05) is 0 Å². The lowest BCUT2D eigenvalue weighted by atomic mass is 10.2. The highest BCUT2D eigenvalue weighted by Crippen LogP contribution is 2.31. The van der Waals surface area contributed by atoms with Crippen molar-refractivity contribution in [1.82, 2.24) is 14.1 Å². The number of nitrogens with zero attached hydrogens (tertiary/aromatic N) is 3. The zero-order chi connectivity index (χ0) is 26.9. The minimum absolute atomic E-state index is 0.0339. The Morgan fingerprint density at radius 2 is 1.76 bits per heavy atom. The van der Waals surface area contributed by atoms with Crippen LogP contribution in [-0.2, 0) is 14.8 Å². The standard InChI is InChI=1S/C24H21ClN4O6S2/c1-4-35-24(32)20-18-13-36-22(19(18)23(31)29(27-20)16-9-7-15(25)8-10-16)26-21(30)14-5-11-17(12-6-14)37(33,34)28(2)3/h5-13H,4H2,1-3H3,(H,26,30). The van der Waals surface area contributed by atoms with Gasteiger partial charge in [0.2, 0.25) is 10.0 Å². The maximum Gasteiger partial charge on any atom is 0.359 e. The molecule has 0 bridgehead atoms. The molecular formula is C24H21ClN4O6S2. The molecule has 1 amide bonds. The first-order valence-electron chi connectivity index (χ1n) is 10.9. The molecule has 192 valence electrons. The second kappa shape index (κ2) is 10.4. The normalized spacial score (nSPS) is 11.6. The van der Waals surface area contributed by atoms with Crippen LogP contribution in [0.3, 0.4) is 0 Å². The van der Waals surface area contributed by atoms with E-state index in [1.54, 1.807) is 36.6 Å². The molecule has 0 saturated heterocycles. The van der Waals surface area contributed by atoms with Gasteiger partial charge < -0.3 is 10.1 Å². The topological polar surface area (TPSA) is 128 Å². The second-order valence-corrected chi connectivity index (χ2v) is 11.3. The molecule has 2 aromatic heterocycles. The van der Waals surface area contributed by atoms with Gasteiger partial charge in [-0.2, -0.15) is 9.78 Å². The molecule has 0 atom stereocenters. The lowest BCUT2D eigenvalue weighted by molar-refractivity contribution is 0.0520. The molecule has 0 aliphatic carbocycles. The Balaban J connectivity index is 1.78. The smallest absolute Gasteiger partial charge is 0.359 e. The number of hydrogen-bond acceptors (Lipinski definition) is 8. The van der Waals surface area contributed by atoms with Crippen molar-refractivity contribution >= 4 is 60.6 Å². The number of rotatable bonds is 7. The predicted molar refractivity (Wildman–Crippen MR) is 141 cm³/mol. The van der Waals surface area contributed by atoms with Crippen LogP contribution in [0.2, 0.25) is 5.02 Å². The van der Waals surface area contributed by atoms with Crippen LogP contribution < -0.4 is 10.9 Å². The molecule has 2 aromatic carbocycles. The third-order valence-electron chi connectivity index (χ3n) is 5.31. The van der Waals surface area contributed by atoms with E-state index in [4.69, 9.17) is 16.3 Å². The number of hydrogen-bond donors (Lipinski definition) is 1. The third kappa shape index (κ3) is 5.14. The predicted octanol–water partition coefficient (Wildman–Crippen LogP) is 3.78. The summed E-state index contributed by atoms with van der Waals surface area (Å²) in [4.78, 5) is 39.1. The van der Waals surface area contributed by atoms with Crippen LogP contribution in [0.5, 0.6) is 0 Å². The third-order valence-corrected chi connectivity index (χ3v) is 8.29. The maximum absolute atomic E-state index is 13.5. The van der Waals surface area contributed by atoms with Gasteiger partial charge >= 0.3 is 5.97 Å². The Kier molecular flexibility index (Phi) is 7.46. The Hall–Kier alpha value is -3.58. The van der Waals surface area contributed by atoms with Crippen LogP contribution in [0.1, 0.15) is 27.8 Å². The minimum atomic E-state index is -3.65. The summed E-state index contributed by atoms with van der Waals surface area (Å²) in [5.41, 5.74) is -0.101. The number of aromatic nitrogens is 2. The van der Waals surface area contributed by atoms with Gasteiger partial charge in [0.05, 0.1) is 22.6 Å². The Bertz CT molecular complexity index is 1660.